The van der Waals surface area contributed by atoms with Gasteiger partial charge in [-0.05, 0) is 42.7 Å². The van der Waals surface area contributed by atoms with Crippen LogP contribution in [0.3, 0.4) is 0 Å². The first-order chi connectivity index (χ1) is 13.6. The normalized spacial score (nSPS) is 11.8. The number of hydrogen-bond acceptors (Lipinski definition) is 5. The zero-order valence-electron chi connectivity index (χ0n) is 15.6. The van der Waals surface area contributed by atoms with Gasteiger partial charge in [-0.15, -0.1) is 11.3 Å². The number of benzene rings is 2. The van der Waals surface area contributed by atoms with E-state index in [1.165, 1.54) is 5.56 Å². The number of rotatable bonds is 5. The third-order valence-electron chi connectivity index (χ3n) is 4.37. The van der Waals surface area contributed by atoms with Crippen molar-refractivity contribution >= 4 is 44.7 Å². The number of nitrogens with one attached hydrogen (secondary N) is 1. The molecule has 0 atom stereocenters. The summed E-state index contributed by atoms with van der Waals surface area (Å²) in [5.41, 5.74) is 6.32. The molecule has 4 aromatic rings. The summed E-state index contributed by atoms with van der Waals surface area (Å²) in [6.45, 7) is 3.98. The minimum absolute atomic E-state index is 0.715. The van der Waals surface area contributed by atoms with Gasteiger partial charge in [-0.2, -0.15) is 5.10 Å². The summed E-state index contributed by atoms with van der Waals surface area (Å²) in [6.07, 6.45) is 0.792. The molecule has 1 N–H and O–H groups in total. The van der Waals surface area contributed by atoms with Gasteiger partial charge in [0, 0.05) is 9.90 Å². The maximum absolute atomic E-state index is 6.00. The molecule has 0 aliphatic rings. The van der Waals surface area contributed by atoms with Gasteiger partial charge in [0.05, 0.1) is 11.1 Å². The van der Waals surface area contributed by atoms with Gasteiger partial charge in [-0.3, -0.25) is 5.43 Å². The van der Waals surface area contributed by atoms with Crippen LogP contribution in [0.15, 0.2) is 65.8 Å². The summed E-state index contributed by atoms with van der Waals surface area (Å²) in [5, 5.41) is 6.31. The Hall–Kier alpha value is -2.76. The van der Waals surface area contributed by atoms with Crippen molar-refractivity contribution in [3.63, 3.8) is 0 Å². The molecule has 0 amide bonds. The van der Waals surface area contributed by atoms with Gasteiger partial charge in [-0.25, -0.2) is 9.97 Å². The van der Waals surface area contributed by atoms with Gasteiger partial charge in [0.25, 0.3) is 0 Å². The molecule has 140 valence electrons. The Labute approximate surface area is 172 Å². The largest absolute Gasteiger partial charge is 0.260 e. The van der Waals surface area contributed by atoms with Crippen LogP contribution >= 0.6 is 22.9 Å². The fourth-order valence-corrected chi connectivity index (χ4v) is 4.18. The maximum atomic E-state index is 6.00. The van der Waals surface area contributed by atoms with Gasteiger partial charge in [0.15, 0.2) is 5.82 Å². The number of hydrogen-bond donors (Lipinski definition) is 1. The Kier molecular flexibility index (Phi) is 5.37. The van der Waals surface area contributed by atoms with E-state index in [-0.39, 0.29) is 0 Å². The summed E-state index contributed by atoms with van der Waals surface area (Å²) >= 11 is 7.66. The first-order valence-corrected chi connectivity index (χ1v) is 10.3. The van der Waals surface area contributed by atoms with Crippen molar-refractivity contribution < 1.29 is 0 Å². The molecule has 0 radical (unpaired) electrons. The monoisotopic (exact) mass is 406 g/mol. The zero-order valence-corrected chi connectivity index (χ0v) is 17.2. The van der Waals surface area contributed by atoms with E-state index in [1.807, 2.05) is 49.4 Å². The molecule has 2 heterocycles. The predicted octanol–water partition coefficient (Wildman–Crippen LogP) is 6.55. The van der Waals surface area contributed by atoms with Crippen molar-refractivity contribution in [2.75, 3.05) is 5.43 Å². The second-order valence-corrected chi connectivity index (χ2v) is 7.81. The van der Waals surface area contributed by atoms with Crippen molar-refractivity contribution in [1.82, 2.24) is 9.97 Å². The molecule has 2 aromatic carbocycles. The summed E-state index contributed by atoms with van der Waals surface area (Å²) in [4.78, 5) is 11.3. The highest BCUT2D eigenvalue weighted by Gasteiger charge is 2.12. The molecule has 0 saturated carbocycles. The molecule has 0 spiro atoms. The minimum atomic E-state index is 0.715. The Morgan fingerprint density at radius 2 is 1.82 bits per heavy atom. The number of fused-ring (bicyclic) bond motifs is 1. The van der Waals surface area contributed by atoms with Crippen LogP contribution in [0.1, 0.15) is 24.7 Å². The lowest BCUT2D eigenvalue weighted by Gasteiger charge is -2.07. The average molecular weight is 407 g/mol. The van der Waals surface area contributed by atoms with E-state index in [1.54, 1.807) is 11.3 Å². The van der Waals surface area contributed by atoms with Crippen LogP contribution in [-0.2, 0) is 0 Å². The number of thiophene rings is 1. The summed E-state index contributed by atoms with van der Waals surface area (Å²) in [7, 11) is 0. The van der Waals surface area contributed by atoms with Crippen molar-refractivity contribution in [2.45, 2.75) is 20.3 Å². The fourth-order valence-electron chi connectivity index (χ4n) is 2.97. The quantitative estimate of drug-likeness (QED) is 0.302. The van der Waals surface area contributed by atoms with E-state index in [4.69, 9.17) is 11.6 Å². The smallest absolute Gasteiger partial charge is 0.158 e. The number of halogens is 1. The number of aromatic nitrogens is 2. The molecule has 4 rings (SSSR count). The van der Waals surface area contributed by atoms with Gasteiger partial charge in [0.1, 0.15) is 10.7 Å². The van der Waals surface area contributed by atoms with Crippen molar-refractivity contribution in [3.05, 3.63) is 77.1 Å². The maximum Gasteiger partial charge on any atom is 0.158 e. The second-order valence-electron chi connectivity index (χ2n) is 6.35. The molecule has 28 heavy (non-hydrogen) atoms. The van der Waals surface area contributed by atoms with Gasteiger partial charge in [0.2, 0.25) is 0 Å². The number of hydrazone groups is 1. The number of nitrogens with zero attached hydrogens (tertiary/aromatic N) is 3. The molecule has 6 heteroatoms. The molecule has 0 unspecified atom stereocenters. The lowest BCUT2D eigenvalue weighted by molar-refractivity contribution is 1.08. The third-order valence-corrected chi connectivity index (χ3v) is 5.70. The Morgan fingerprint density at radius 3 is 2.54 bits per heavy atom. The Morgan fingerprint density at radius 1 is 1.07 bits per heavy atom. The van der Waals surface area contributed by atoms with Gasteiger partial charge >= 0.3 is 0 Å². The van der Waals surface area contributed by atoms with Crippen LogP contribution in [0.4, 0.5) is 5.82 Å². The highest BCUT2D eigenvalue weighted by atomic mass is 35.5. The van der Waals surface area contributed by atoms with E-state index in [0.717, 1.165) is 44.4 Å². The standard InChI is InChI=1S/C22H19ClN4S/c1-3-19(15-9-11-17(23)12-10-15)26-27-21-18-13-20(16-7-5-4-6-8-16)28-22(18)25-14(2)24-21/h4-13H,3H2,1-2H3,(H,24,25,27)/b26-19-. The van der Waals surface area contributed by atoms with Crippen LogP contribution in [0, 0.1) is 6.92 Å². The molecular formula is C22H19ClN4S. The Bertz CT molecular complexity index is 1130. The van der Waals surface area contributed by atoms with E-state index in [0.29, 0.717) is 5.02 Å². The topological polar surface area (TPSA) is 50.2 Å². The van der Waals surface area contributed by atoms with E-state index >= 15 is 0 Å². The molecule has 0 fully saturated rings. The molecule has 0 bridgehead atoms. The van der Waals surface area contributed by atoms with Crippen LogP contribution in [-0.4, -0.2) is 15.7 Å². The fraction of sp³-hybridized carbons (Fsp3) is 0.136. The third kappa shape index (κ3) is 3.91. The SMILES string of the molecule is CC/C(=N/Nc1nc(C)nc2sc(-c3ccccc3)cc12)c1ccc(Cl)cc1. The van der Waals surface area contributed by atoms with Crippen molar-refractivity contribution in [3.8, 4) is 10.4 Å². The first kappa shape index (κ1) is 18.6. The lowest BCUT2D eigenvalue weighted by atomic mass is 10.1. The molecule has 4 nitrogen and oxygen atoms in total. The van der Waals surface area contributed by atoms with E-state index < -0.39 is 0 Å². The summed E-state index contributed by atoms with van der Waals surface area (Å²) < 4.78 is 0. The molecule has 0 aliphatic heterocycles. The van der Waals surface area contributed by atoms with Crippen molar-refractivity contribution in [1.29, 1.82) is 0 Å². The van der Waals surface area contributed by atoms with Gasteiger partial charge in [-0.1, -0.05) is 61.0 Å². The van der Waals surface area contributed by atoms with Crippen LogP contribution in [0.2, 0.25) is 5.02 Å². The molecular weight excluding hydrogens is 388 g/mol. The number of anilines is 1. The van der Waals surface area contributed by atoms with Crippen LogP contribution in [0.5, 0.6) is 0 Å². The van der Waals surface area contributed by atoms with E-state index in [2.05, 4.69) is 45.6 Å². The van der Waals surface area contributed by atoms with Crippen molar-refractivity contribution in [2.24, 2.45) is 5.10 Å². The zero-order chi connectivity index (χ0) is 19.5. The number of aryl methyl sites for hydroxylation is 1. The second kappa shape index (κ2) is 8.09. The van der Waals surface area contributed by atoms with Crippen LogP contribution in [0.25, 0.3) is 20.7 Å². The average Bonchev–Trinajstić information content (AvgIpc) is 3.14. The molecule has 2 aromatic heterocycles. The molecule has 0 aliphatic carbocycles. The highest BCUT2D eigenvalue weighted by molar-refractivity contribution is 7.21. The summed E-state index contributed by atoms with van der Waals surface area (Å²) in [5.74, 6) is 1.44. The first-order valence-electron chi connectivity index (χ1n) is 9.06. The highest BCUT2D eigenvalue weighted by Crippen LogP contribution is 2.35. The van der Waals surface area contributed by atoms with Crippen LogP contribution < -0.4 is 5.43 Å². The van der Waals surface area contributed by atoms with E-state index in [9.17, 15) is 0 Å². The van der Waals surface area contributed by atoms with Gasteiger partial charge < -0.3 is 0 Å². The predicted molar refractivity (Wildman–Crippen MR) is 119 cm³/mol. The minimum Gasteiger partial charge on any atom is -0.260 e. The lowest BCUT2D eigenvalue weighted by Crippen LogP contribution is -2.04. The Balaban J connectivity index is 1.71. The molecule has 0 saturated heterocycles. The summed E-state index contributed by atoms with van der Waals surface area (Å²) in [6, 6.07) is 20.1.